The molecular weight excluding hydrogens is 501 g/mol. The van der Waals surface area contributed by atoms with Gasteiger partial charge in [0.25, 0.3) is 11.5 Å². The molecule has 2 aromatic carbocycles. The quantitative estimate of drug-likeness (QED) is 0.236. The van der Waals surface area contributed by atoms with Gasteiger partial charge in [0, 0.05) is 30.3 Å². The highest BCUT2D eigenvalue weighted by Crippen LogP contribution is 2.19. The van der Waals surface area contributed by atoms with Crippen LogP contribution in [0, 0.1) is 17.5 Å². The van der Waals surface area contributed by atoms with Crippen LogP contribution < -0.4 is 10.9 Å². The molecule has 0 spiro atoms. The lowest BCUT2D eigenvalue weighted by Crippen LogP contribution is -2.40. The molecule has 1 aromatic heterocycles. The molecule has 2 unspecified atom stereocenters. The van der Waals surface area contributed by atoms with E-state index in [1.54, 1.807) is 6.07 Å². The SMILES string of the molecule is O=C(NC1CCCC1O)C(O)=CC(=O)c1cc(Cc2ccc(F)cc2F)cn(Cc2ccccc2F)c1=O. The summed E-state index contributed by atoms with van der Waals surface area (Å²) in [5.74, 6) is -5.11. The topological polar surface area (TPSA) is 109 Å². The number of ketones is 1. The summed E-state index contributed by atoms with van der Waals surface area (Å²) in [6.07, 6.45) is 2.73. The van der Waals surface area contributed by atoms with E-state index >= 15 is 0 Å². The van der Waals surface area contributed by atoms with Crippen LogP contribution in [0.3, 0.4) is 0 Å². The number of halogens is 3. The number of allylic oxidation sites excluding steroid dienone is 1. The van der Waals surface area contributed by atoms with Crippen LogP contribution in [0.5, 0.6) is 0 Å². The van der Waals surface area contributed by atoms with Gasteiger partial charge in [-0.25, -0.2) is 13.2 Å². The Bertz CT molecular complexity index is 1470. The van der Waals surface area contributed by atoms with Crippen molar-refractivity contribution in [2.45, 2.75) is 44.4 Å². The molecule has 7 nitrogen and oxygen atoms in total. The van der Waals surface area contributed by atoms with Crippen molar-refractivity contribution >= 4 is 11.7 Å². The second-order valence-corrected chi connectivity index (χ2v) is 9.17. The summed E-state index contributed by atoms with van der Waals surface area (Å²) in [5.41, 5.74) is -0.736. The number of rotatable bonds is 8. The molecule has 0 aliphatic heterocycles. The van der Waals surface area contributed by atoms with Crippen molar-refractivity contribution in [1.82, 2.24) is 9.88 Å². The van der Waals surface area contributed by atoms with E-state index in [0.29, 0.717) is 31.4 Å². The van der Waals surface area contributed by atoms with Crippen LogP contribution in [0.4, 0.5) is 13.2 Å². The number of nitrogens with zero attached hydrogens (tertiary/aromatic N) is 1. The second kappa shape index (κ2) is 11.5. The molecule has 10 heteroatoms. The lowest BCUT2D eigenvalue weighted by molar-refractivity contribution is -0.121. The Morgan fingerprint density at radius 2 is 1.79 bits per heavy atom. The van der Waals surface area contributed by atoms with Gasteiger partial charge in [-0.1, -0.05) is 24.3 Å². The number of aliphatic hydroxyl groups excluding tert-OH is 2. The van der Waals surface area contributed by atoms with Crippen molar-refractivity contribution in [2.75, 3.05) is 0 Å². The van der Waals surface area contributed by atoms with Crippen LogP contribution in [-0.4, -0.2) is 38.6 Å². The first kappa shape index (κ1) is 26.9. The molecule has 1 saturated carbocycles. The third kappa shape index (κ3) is 6.20. The monoisotopic (exact) mass is 526 g/mol. The number of nitrogens with one attached hydrogen (secondary N) is 1. The van der Waals surface area contributed by atoms with Gasteiger partial charge in [0.1, 0.15) is 17.5 Å². The standard InChI is InChI=1S/C28H25F3N2O5/c29-19-9-8-17(22(31)12-19)10-16-11-20(28(38)33(14-16)15-18-4-1-2-5-21(18)30)25(35)13-26(36)27(37)32-23-6-3-7-24(23)34/h1-2,4-5,8-9,11-14,23-24,34,36H,3,6-7,10,15H2,(H,32,37). The summed E-state index contributed by atoms with van der Waals surface area (Å²) in [7, 11) is 0. The number of hydrogen-bond donors (Lipinski definition) is 3. The molecule has 1 aliphatic rings. The molecule has 4 rings (SSSR count). The maximum Gasteiger partial charge on any atom is 0.286 e. The lowest BCUT2D eigenvalue weighted by atomic mass is 10.0. The van der Waals surface area contributed by atoms with E-state index in [-0.39, 0.29) is 29.7 Å². The first-order valence-corrected chi connectivity index (χ1v) is 12.0. The predicted molar refractivity (Wildman–Crippen MR) is 132 cm³/mol. The molecule has 3 N–H and O–H groups in total. The number of benzene rings is 2. The average molecular weight is 527 g/mol. The predicted octanol–water partition coefficient (Wildman–Crippen LogP) is 3.56. The molecule has 1 aliphatic carbocycles. The summed E-state index contributed by atoms with van der Waals surface area (Å²) >= 11 is 0. The Morgan fingerprint density at radius 3 is 2.47 bits per heavy atom. The minimum atomic E-state index is -1.00. The Hall–Kier alpha value is -4.18. The number of amides is 1. The first-order chi connectivity index (χ1) is 18.1. The van der Waals surface area contributed by atoms with Gasteiger partial charge in [0.2, 0.25) is 0 Å². The van der Waals surface area contributed by atoms with E-state index in [1.807, 2.05) is 0 Å². The summed E-state index contributed by atoms with van der Waals surface area (Å²) in [4.78, 5) is 38.5. The Kier molecular flexibility index (Phi) is 8.11. The number of hydrogen-bond acceptors (Lipinski definition) is 5. The van der Waals surface area contributed by atoms with Crippen molar-refractivity contribution in [2.24, 2.45) is 0 Å². The zero-order valence-corrected chi connectivity index (χ0v) is 20.2. The van der Waals surface area contributed by atoms with Crippen molar-refractivity contribution in [1.29, 1.82) is 0 Å². The molecule has 3 aromatic rings. The molecule has 38 heavy (non-hydrogen) atoms. The highest BCUT2D eigenvalue weighted by Gasteiger charge is 2.28. The highest BCUT2D eigenvalue weighted by molar-refractivity contribution is 6.08. The second-order valence-electron chi connectivity index (χ2n) is 9.17. The largest absolute Gasteiger partial charge is 0.503 e. The van der Waals surface area contributed by atoms with Crippen LogP contribution in [0.25, 0.3) is 0 Å². The third-order valence-electron chi connectivity index (χ3n) is 6.41. The fourth-order valence-corrected chi connectivity index (χ4v) is 4.40. The van der Waals surface area contributed by atoms with Crippen molar-refractivity contribution in [3.8, 4) is 0 Å². The molecule has 1 fully saturated rings. The Morgan fingerprint density at radius 1 is 1.03 bits per heavy atom. The van der Waals surface area contributed by atoms with E-state index in [0.717, 1.165) is 10.6 Å². The minimum absolute atomic E-state index is 0.0915. The fraction of sp³-hybridized carbons (Fsp3) is 0.250. The van der Waals surface area contributed by atoms with E-state index < -0.39 is 58.2 Å². The van der Waals surface area contributed by atoms with Gasteiger partial charge in [-0.15, -0.1) is 0 Å². The number of carbonyl (C=O) groups excluding carboxylic acids is 2. The fourth-order valence-electron chi connectivity index (χ4n) is 4.40. The molecule has 0 radical (unpaired) electrons. The maximum atomic E-state index is 14.3. The molecule has 0 bridgehead atoms. The lowest BCUT2D eigenvalue weighted by Gasteiger charge is -2.15. The highest BCUT2D eigenvalue weighted by atomic mass is 19.1. The molecular formula is C28H25F3N2O5. The van der Waals surface area contributed by atoms with Gasteiger partial charge in [-0.2, -0.15) is 0 Å². The van der Waals surface area contributed by atoms with Crippen LogP contribution in [0.15, 0.2) is 71.4 Å². The van der Waals surface area contributed by atoms with Crippen LogP contribution in [0.1, 0.15) is 46.3 Å². The number of carbonyl (C=O) groups is 2. The zero-order valence-electron chi connectivity index (χ0n) is 20.2. The number of aliphatic hydroxyl groups is 2. The Labute approximate surface area is 215 Å². The van der Waals surface area contributed by atoms with Gasteiger partial charge in [-0.3, -0.25) is 14.4 Å². The number of pyridine rings is 1. The van der Waals surface area contributed by atoms with Crippen LogP contribution >= 0.6 is 0 Å². The van der Waals surface area contributed by atoms with Gasteiger partial charge in [0.15, 0.2) is 11.5 Å². The van der Waals surface area contributed by atoms with Gasteiger partial charge in [-0.05, 0) is 48.6 Å². The van der Waals surface area contributed by atoms with E-state index in [1.165, 1.54) is 36.5 Å². The third-order valence-corrected chi connectivity index (χ3v) is 6.41. The molecule has 198 valence electrons. The zero-order chi connectivity index (χ0) is 27.4. The summed E-state index contributed by atoms with van der Waals surface area (Å²) in [5, 5.41) is 22.5. The molecule has 1 amide bonds. The van der Waals surface area contributed by atoms with Gasteiger partial charge in [0.05, 0.1) is 24.3 Å². The van der Waals surface area contributed by atoms with Crippen molar-refractivity contribution in [3.63, 3.8) is 0 Å². The molecule has 2 atom stereocenters. The van der Waals surface area contributed by atoms with Gasteiger partial charge >= 0.3 is 0 Å². The van der Waals surface area contributed by atoms with Gasteiger partial charge < -0.3 is 20.1 Å². The first-order valence-electron chi connectivity index (χ1n) is 12.0. The summed E-state index contributed by atoms with van der Waals surface area (Å²) in [6, 6.07) is 9.35. The normalized spacial score (nSPS) is 17.4. The van der Waals surface area contributed by atoms with Crippen LogP contribution in [0.2, 0.25) is 0 Å². The Balaban J connectivity index is 1.68. The van der Waals surface area contributed by atoms with E-state index in [9.17, 15) is 37.8 Å². The smallest absolute Gasteiger partial charge is 0.286 e. The van der Waals surface area contributed by atoms with Crippen molar-refractivity contribution < 1.29 is 33.0 Å². The summed E-state index contributed by atoms with van der Waals surface area (Å²) < 4.78 is 43.0. The summed E-state index contributed by atoms with van der Waals surface area (Å²) in [6.45, 7) is -0.249. The molecule has 0 saturated heterocycles. The van der Waals surface area contributed by atoms with Crippen LogP contribution in [-0.2, 0) is 17.8 Å². The molecule has 1 heterocycles. The average Bonchev–Trinajstić information content (AvgIpc) is 3.27. The van der Waals surface area contributed by atoms with Crippen molar-refractivity contribution in [3.05, 3.63) is 117 Å². The number of aromatic nitrogens is 1. The minimum Gasteiger partial charge on any atom is -0.503 e. The maximum absolute atomic E-state index is 14.3. The van der Waals surface area contributed by atoms with E-state index in [2.05, 4.69) is 5.32 Å². The van der Waals surface area contributed by atoms with E-state index in [4.69, 9.17) is 0 Å².